The van der Waals surface area contributed by atoms with Gasteiger partial charge in [-0.25, -0.2) is 0 Å². The average molecular weight is 328 g/mol. The molecule has 1 fully saturated rings. The molecular formula is C15H18ClNOS2. The molecule has 2 N–H and O–H groups in total. The molecule has 5 heteroatoms. The van der Waals surface area contributed by atoms with Gasteiger partial charge in [0.25, 0.3) is 0 Å². The fourth-order valence-electron chi connectivity index (χ4n) is 2.72. The first-order valence-electron chi connectivity index (χ1n) is 6.95. The molecule has 1 aliphatic rings. The lowest BCUT2D eigenvalue weighted by molar-refractivity contribution is 0.115. The summed E-state index contributed by atoms with van der Waals surface area (Å²) in [5.41, 5.74) is 0. The van der Waals surface area contributed by atoms with E-state index in [1.807, 2.05) is 6.07 Å². The molecule has 2 aromatic heterocycles. The molecule has 2 nitrogen and oxygen atoms in total. The first-order chi connectivity index (χ1) is 9.72. The number of rotatable bonds is 4. The molecule has 0 aromatic carbocycles. The quantitative estimate of drug-likeness (QED) is 0.869. The molecule has 3 rings (SSSR count). The lowest BCUT2D eigenvalue weighted by Gasteiger charge is -2.29. The van der Waals surface area contributed by atoms with Crippen molar-refractivity contribution in [3.8, 4) is 0 Å². The van der Waals surface area contributed by atoms with Gasteiger partial charge in [-0.05, 0) is 49.3 Å². The van der Waals surface area contributed by atoms with Crippen LogP contribution in [0.5, 0.6) is 0 Å². The predicted octanol–water partition coefficient (Wildman–Crippen LogP) is 4.45. The Morgan fingerprint density at radius 3 is 2.55 bits per heavy atom. The Kier molecular flexibility index (Phi) is 4.79. The zero-order valence-electron chi connectivity index (χ0n) is 11.1. The van der Waals surface area contributed by atoms with Gasteiger partial charge in [-0.3, -0.25) is 0 Å². The summed E-state index contributed by atoms with van der Waals surface area (Å²) >= 11 is 9.51. The third kappa shape index (κ3) is 3.43. The third-order valence-corrected chi connectivity index (χ3v) is 6.04. The topological polar surface area (TPSA) is 32.3 Å². The summed E-state index contributed by atoms with van der Waals surface area (Å²) in [5.74, 6) is 0. The summed E-state index contributed by atoms with van der Waals surface area (Å²) in [6.45, 7) is 0. The van der Waals surface area contributed by atoms with Crippen LogP contribution in [0, 0.1) is 0 Å². The second-order valence-electron chi connectivity index (χ2n) is 5.26. The smallest absolute Gasteiger partial charge is 0.0931 e. The van der Waals surface area contributed by atoms with Crippen molar-refractivity contribution in [3.05, 3.63) is 43.7 Å². The maximum Gasteiger partial charge on any atom is 0.0931 e. The average Bonchev–Trinajstić information content (AvgIpc) is 3.09. The van der Waals surface area contributed by atoms with Crippen LogP contribution in [-0.4, -0.2) is 17.3 Å². The van der Waals surface area contributed by atoms with Crippen molar-refractivity contribution in [1.82, 2.24) is 5.32 Å². The van der Waals surface area contributed by atoms with E-state index in [-0.39, 0.29) is 12.1 Å². The Labute approximate surface area is 132 Å². The molecule has 108 valence electrons. The van der Waals surface area contributed by atoms with E-state index in [0.29, 0.717) is 6.04 Å². The van der Waals surface area contributed by atoms with Gasteiger partial charge in [0, 0.05) is 15.8 Å². The second kappa shape index (κ2) is 6.58. The maximum absolute atomic E-state index is 9.62. The van der Waals surface area contributed by atoms with Crippen molar-refractivity contribution in [2.75, 3.05) is 0 Å². The molecule has 1 saturated carbocycles. The fourth-order valence-corrected chi connectivity index (χ4v) is 4.74. The van der Waals surface area contributed by atoms with Gasteiger partial charge in [-0.15, -0.1) is 22.7 Å². The van der Waals surface area contributed by atoms with Gasteiger partial charge in [0.05, 0.1) is 16.5 Å². The van der Waals surface area contributed by atoms with Crippen LogP contribution >= 0.6 is 34.3 Å². The van der Waals surface area contributed by atoms with Gasteiger partial charge < -0.3 is 10.4 Å². The van der Waals surface area contributed by atoms with E-state index < -0.39 is 0 Å². The van der Waals surface area contributed by atoms with Gasteiger partial charge in [0.2, 0.25) is 0 Å². The van der Waals surface area contributed by atoms with Crippen molar-refractivity contribution >= 4 is 34.3 Å². The molecule has 0 radical (unpaired) electrons. The third-order valence-electron chi connectivity index (χ3n) is 3.81. The number of halogens is 1. The monoisotopic (exact) mass is 327 g/mol. The molecule has 2 aromatic rings. The van der Waals surface area contributed by atoms with Gasteiger partial charge in [-0.1, -0.05) is 17.7 Å². The van der Waals surface area contributed by atoms with Crippen molar-refractivity contribution in [2.45, 2.75) is 43.9 Å². The zero-order chi connectivity index (χ0) is 13.9. The van der Waals surface area contributed by atoms with E-state index in [4.69, 9.17) is 11.6 Å². The number of aliphatic hydroxyl groups is 1. The summed E-state index contributed by atoms with van der Waals surface area (Å²) < 4.78 is 0.836. The van der Waals surface area contributed by atoms with Crippen LogP contribution in [0.15, 0.2) is 29.6 Å². The highest BCUT2D eigenvalue weighted by Crippen LogP contribution is 2.34. The Hall–Kier alpha value is -0.390. The standard InChI is InChI=1S/C15H18ClNOS2/c16-14-8-7-13(20-14)15(12-2-1-9-19-12)17-10-3-5-11(18)6-4-10/h1-2,7-11,15,17-18H,3-6H2. The van der Waals surface area contributed by atoms with Crippen LogP contribution in [0.1, 0.15) is 41.5 Å². The SMILES string of the molecule is OC1CCC(NC(c2cccs2)c2ccc(Cl)s2)CC1. The molecule has 0 saturated heterocycles. The van der Waals surface area contributed by atoms with E-state index in [9.17, 15) is 5.11 Å². The van der Waals surface area contributed by atoms with E-state index in [2.05, 4.69) is 28.9 Å². The summed E-state index contributed by atoms with van der Waals surface area (Å²) in [6.07, 6.45) is 3.79. The molecule has 20 heavy (non-hydrogen) atoms. The molecule has 1 atom stereocenters. The van der Waals surface area contributed by atoms with Gasteiger partial charge in [0.15, 0.2) is 0 Å². The molecular weight excluding hydrogens is 310 g/mol. The lowest BCUT2D eigenvalue weighted by atomic mass is 9.92. The van der Waals surface area contributed by atoms with Gasteiger partial charge in [0.1, 0.15) is 0 Å². The van der Waals surface area contributed by atoms with Crippen LogP contribution < -0.4 is 5.32 Å². The summed E-state index contributed by atoms with van der Waals surface area (Å²) in [7, 11) is 0. The summed E-state index contributed by atoms with van der Waals surface area (Å²) in [5, 5.41) is 15.5. The Morgan fingerprint density at radius 2 is 1.95 bits per heavy atom. The highest BCUT2D eigenvalue weighted by Gasteiger charge is 2.24. The maximum atomic E-state index is 9.62. The molecule has 0 aliphatic heterocycles. The van der Waals surface area contributed by atoms with E-state index >= 15 is 0 Å². The first-order valence-corrected chi connectivity index (χ1v) is 9.02. The number of aliphatic hydroxyl groups excluding tert-OH is 1. The van der Waals surface area contributed by atoms with Crippen LogP contribution in [0.2, 0.25) is 4.34 Å². The zero-order valence-corrected chi connectivity index (χ0v) is 13.5. The minimum atomic E-state index is -0.107. The summed E-state index contributed by atoms with van der Waals surface area (Å²) in [6, 6.07) is 9.05. The fraction of sp³-hybridized carbons (Fsp3) is 0.467. The number of thiophene rings is 2. The van der Waals surface area contributed by atoms with Crippen molar-refractivity contribution in [2.24, 2.45) is 0 Å². The molecule has 1 unspecified atom stereocenters. The Morgan fingerprint density at radius 1 is 1.15 bits per heavy atom. The van der Waals surface area contributed by atoms with E-state index in [1.54, 1.807) is 22.7 Å². The minimum absolute atomic E-state index is 0.107. The van der Waals surface area contributed by atoms with Crippen LogP contribution in [0.4, 0.5) is 0 Å². The second-order valence-corrected chi connectivity index (χ2v) is 7.99. The van der Waals surface area contributed by atoms with Crippen LogP contribution in [-0.2, 0) is 0 Å². The van der Waals surface area contributed by atoms with Crippen LogP contribution in [0.3, 0.4) is 0 Å². The Bertz CT molecular complexity index is 532. The predicted molar refractivity (Wildman–Crippen MR) is 86.9 cm³/mol. The van der Waals surface area contributed by atoms with Crippen molar-refractivity contribution in [1.29, 1.82) is 0 Å². The van der Waals surface area contributed by atoms with Gasteiger partial charge in [-0.2, -0.15) is 0 Å². The normalized spacial score (nSPS) is 24.7. The molecule has 2 heterocycles. The Balaban J connectivity index is 1.76. The van der Waals surface area contributed by atoms with E-state index in [0.717, 1.165) is 30.0 Å². The number of hydrogen-bond acceptors (Lipinski definition) is 4. The lowest BCUT2D eigenvalue weighted by Crippen LogP contribution is -2.37. The van der Waals surface area contributed by atoms with E-state index in [1.165, 1.54) is 9.75 Å². The molecule has 0 bridgehead atoms. The van der Waals surface area contributed by atoms with Crippen LogP contribution in [0.25, 0.3) is 0 Å². The number of hydrogen-bond donors (Lipinski definition) is 2. The summed E-state index contributed by atoms with van der Waals surface area (Å²) in [4.78, 5) is 2.60. The molecule has 0 amide bonds. The largest absolute Gasteiger partial charge is 0.393 e. The molecule has 0 spiro atoms. The highest BCUT2D eigenvalue weighted by molar-refractivity contribution is 7.16. The highest BCUT2D eigenvalue weighted by atomic mass is 35.5. The minimum Gasteiger partial charge on any atom is -0.393 e. The van der Waals surface area contributed by atoms with Gasteiger partial charge >= 0.3 is 0 Å². The van der Waals surface area contributed by atoms with Crippen molar-refractivity contribution < 1.29 is 5.11 Å². The van der Waals surface area contributed by atoms with Crippen molar-refractivity contribution in [3.63, 3.8) is 0 Å². The number of nitrogens with one attached hydrogen (secondary N) is 1. The first kappa shape index (κ1) is 14.5. The molecule has 1 aliphatic carbocycles.